The van der Waals surface area contributed by atoms with Gasteiger partial charge in [-0.05, 0) is 89.3 Å². The number of nitrogens with zero attached hydrogens (tertiary/aromatic N) is 2. The van der Waals surface area contributed by atoms with Crippen LogP contribution in [0.25, 0.3) is 6.08 Å². The molecule has 4 rings (SSSR count). The summed E-state index contributed by atoms with van der Waals surface area (Å²) in [6.07, 6.45) is 1.46. The number of amides is 2. The van der Waals surface area contributed by atoms with Crippen molar-refractivity contribution in [2.75, 3.05) is 6.61 Å². The molecule has 39 heavy (non-hydrogen) atoms. The van der Waals surface area contributed by atoms with Crippen LogP contribution in [0.2, 0.25) is 5.02 Å². The number of nitro groups is 1. The lowest BCUT2D eigenvalue weighted by Crippen LogP contribution is -2.27. The second kappa shape index (κ2) is 11.9. The molecule has 0 spiro atoms. The number of hydrogen-bond donors (Lipinski definition) is 0. The van der Waals surface area contributed by atoms with Gasteiger partial charge >= 0.3 is 10.1 Å². The summed E-state index contributed by atoms with van der Waals surface area (Å²) in [5.41, 5.74) is 0.485. The van der Waals surface area contributed by atoms with E-state index in [1.165, 1.54) is 54.6 Å². The quantitative estimate of drug-likeness (QED) is 0.0835. The maximum atomic E-state index is 13.0. The summed E-state index contributed by atoms with van der Waals surface area (Å²) >= 11 is 8.43. The zero-order valence-electron chi connectivity index (χ0n) is 20.0. The Kier molecular flexibility index (Phi) is 8.83. The molecule has 0 unspecified atom stereocenters. The van der Waals surface area contributed by atoms with Crippen LogP contribution in [0.3, 0.4) is 0 Å². The predicted molar refractivity (Wildman–Crippen MR) is 154 cm³/mol. The first-order chi connectivity index (χ1) is 18.5. The third kappa shape index (κ3) is 6.54. The minimum atomic E-state index is -4.21. The van der Waals surface area contributed by atoms with Crippen LogP contribution in [-0.4, -0.2) is 36.0 Å². The minimum absolute atomic E-state index is 0.0333. The first-order valence-corrected chi connectivity index (χ1v) is 14.8. The summed E-state index contributed by atoms with van der Waals surface area (Å²) in [4.78, 5) is 37.3. The summed E-state index contributed by atoms with van der Waals surface area (Å²) in [7, 11) is -4.21. The van der Waals surface area contributed by atoms with Crippen LogP contribution in [0.1, 0.15) is 18.1 Å². The van der Waals surface area contributed by atoms with E-state index in [4.69, 9.17) is 20.5 Å². The Morgan fingerprint density at radius 1 is 1.13 bits per heavy atom. The van der Waals surface area contributed by atoms with Gasteiger partial charge in [0.25, 0.3) is 16.8 Å². The Hall–Kier alpha value is -3.14. The third-order valence-corrected chi connectivity index (χ3v) is 8.51. The molecular weight excluding hydrogens is 683 g/mol. The van der Waals surface area contributed by atoms with Gasteiger partial charge in [-0.15, -0.1) is 0 Å². The number of nitro benzene ring substituents is 1. The van der Waals surface area contributed by atoms with Crippen LogP contribution in [0.15, 0.2) is 70.5 Å². The molecule has 14 heteroatoms. The van der Waals surface area contributed by atoms with Crippen LogP contribution < -0.4 is 8.92 Å². The van der Waals surface area contributed by atoms with E-state index < -0.39 is 26.2 Å². The van der Waals surface area contributed by atoms with E-state index in [0.29, 0.717) is 25.9 Å². The lowest BCUT2D eigenvalue weighted by Gasteiger charge is -2.15. The topological polar surface area (TPSA) is 133 Å². The average molecular weight is 701 g/mol. The molecule has 3 aromatic carbocycles. The maximum absolute atomic E-state index is 13.0. The summed E-state index contributed by atoms with van der Waals surface area (Å²) in [6, 6.07) is 14.4. The molecule has 0 atom stereocenters. The molecule has 0 N–H and O–H groups in total. The number of ether oxygens (including phenoxy) is 1. The van der Waals surface area contributed by atoms with Crippen molar-refractivity contribution in [1.82, 2.24) is 4.90 Å². The van der Waals surface area contributed by atoms with E-state index >= 15 is 0 Å². The molecule has 1 aliphatic heterocycles. The van der Waals surface area contributed by atoms with Gasteiger partial charge < -0.3 is 8.92 Å². The third-order valence-electron chi connectivity index (χ3n) is 5.32. The fourth-order valence-corrected chi connectivity index (χ4v) is 6.36. The van der Waals surface area contributed by atoms with Gasteiger partial charge in [-0.25, -0.2) is 0 Å². The zero-order valence-corrected chi connectivity index (χ0v) is 24.5. The number of carbonyl (C=O) groups is 2. The highest BCUT2D eigenvalue weighted by Gasteiger charge is 2.36. The SMILES string of the molecule is CCOc1cc(/C=C2\SC(=O)N(Cc3ccccc3[N+](=O)[O-])C2=O)cc(I)c1OS(=O)(=O)c1ccc(Cl)cc1. The fraction of sp³-hybridized carbons (Fsp3) is 0.120. The number of thioether (sulfide) groups is 1. The molecule has 10 nitrogen and oxygen atoms in total. The van der Waals surface area contributed by atoms with Crippen LogP contribution in [0.5, 0.6) is 11.5 Å². The van der Waals surface area contributed by atoms with Crippen molar-refractivity contribution >= 4 is 79.0 Å². The molecular formula is C25H18ClIN2O8S2. The number of halogens is 2. The van der Waals surface area contributed by atoms with Gasteiger partial charge in [0, 0.05) is 16.7 Å². The van der Waals surface area contributed by atoms with Crippen LogP contribution in [0, 0.1) is 13.7 Å². The Bertz CT molecular complexity index is 1610. The predicted octanol–water partition coefficient (Wildman–Crippen LogP) is 6.26. The van der Waals surface area contributed by atoms with Gasteiger partial charge in [-0.1, -0.05) is 29.8 Å². The Labute approximate surface area is 246 Å². The lowest BCUT2D eigenvalue weighted by molar-refractivity contribution is -0.385. The molecule has 0 saturated carbocycles. The Morgan fingerprint density at radius 2 is 1.82 bits per heavy atom. The molecule has 1 saturated heterocycles. The van der Waals surface area contributed by atoms with Crippen molar-refractivity contribution in [3.63, 3.8) is 0 Å². The van der Waals surface area contributed by atoms with E-state index in [9.17, 15) is 28.1 Å². The second-order valence-electron chi connectivity index (χ2n) is 7.91. The first kappa shape index (κ1) is 28.9. The largest absolute Gasteiger partial charge is 0.490 e. The molecule has 0 radical (unpaired) electrons. The average Bonchev–Trinajstić information content (AvgIpc) is 3.14. The highest BCUT2D eigenvalue weighted by molar-refractivity contribution is 14.1. The van der Waals surface area contributed by atoms with Crippen LogP contribution >= 0.6 is 46.0 Å². The lowest BCUT2D eigenvalue weighted by atomic mass is 10.1. The van der Waals surface area contributed by atoms with E-state index in [2.05, 4.69) is 0 Å². The molecule has 202 valence electrons. The maximum Gasteiger partial charge on any atom is 0.339 e. The minimum Gasteiger partial charge on any atom is -0.490 e. The summed E-state index contributed by atoms with van der Waals surface area (Å²) in [5.74, 6) is -0.525. The molecule has 0 bridgehead atoms. The first-order valence-electron chi connectivity index (χ1n) is 11.1. The van der Waals surface area contributed by atoms with Gasteiger partial charge in [-0.2, -0.15) is 8.42 Å². The summed E-state index contributed by atoms with van der Waals surface area (Å²) in [5, 5.41) is 11.1. The van der Waals surface area contributed by atoms with Crippen molar-refractivity contribution in [3.8, 4) is 11.5 Å². The Balaban J connectivity index is 1.63. The molecule has 1 heterocycles. The highest BCUT2D eigenvalue weighted by atomic mass is 127. The molecule has 0 aromatic heterocycles. The second-order valence-corrected chi connectivity index (χ2v) is 12.0. The summed E-state index contributed by atoms with van der Waals surface area (Å²) < 4.78 is 37.1. The molecule has 3 aromatic rings. The van der Waals surface area contributed by atoms with Gasteiger partial charge in [0.2, 0.25) is 0 Å². The van der Waals surface area contributed by atoms with Crippen molar-refractivity contribution in [2.45, 2.75) is 18.4 Å². The van der Waals surface area contributed by atoms with E-state index in [-0.39, 0.29) is 45.7 Å². The number of rotatable bonds is 9. The summed E-state index contributed by atoms with van der Waals surface area (Å²) in [6.45, 7) is 1.66. The van der Waals surface area contributed by atoms with E-state index in [1.807, 2.05) is 22.6 Å². The van der Waals surface area contributed by atoms with Gasteiger partial charge in [0.15, 0.2) is 11.5 Å². The normalized spacial score (nSPS) is 14.6. The highest BCUT2D eigenvalue weighted by Crippen LogP contribution is 2.39. The van der Waals surface area contributed by atoms with Crippen molar-refractivity contribution in [3.05, 3.63) is 95.4 Å². The molecule has 0 aliphatic carbocycles. The van der Waals surface area contributed by atoms with Crippen LogP contribution in [-0.2, 0) is 21.5 Å². The number of benzene rings is 3. The number of carbonyl (C=O) groups excluding carboxylic acids is 2. The zero-order chi connectivity index (χ0) is 28.3. The van der Waals surface area contributed by atoms with Crippen LogP contribution in [0.4, 0.5) is 10.5 Å². The van der Waals surface area contributed by atoms with Gasteiger partial charge in [0.1, 0.15) is 4.90 Å². The molecule has 1 fully saturated rings. The number of para-hydroxylation sites is 1. The van der Waals surface area contributed by atoms with E-state index in [0.717, 1.165) is 4.90 Å². The van der Waals surface area contributed by atoms with Crippen molar-refractivity contribution in [2.24, 2.45) is 0 Å². The van der Waals surface area contributed by atoms with Gasteiger partial charge in [-0.3, -0.25) is 24.6 Å². The van der Waals surface area contributed by atoms with E-state index in [1.54, 1.807) is 19.1 Å². The number of hydrogen-bond acceptors (Lipinski definition) is 9. The fourth-order valence-electron chi connectivity index (χ4n) is 3.55. The standard InChI is InChI=1S/C25H18ClIN2O8S2/c1-2-36-21-12-15(11-19(27)23(21)37-39(34,35)18-9-7-17(26)8-10-18)13-22-24(30)28(25(31)38-22)14-16-5-3-4-6-20(16)29(32)33/h3-13H,2,14H2,1H3/b22-13-. The Morgan fingerprint density at radius 3 is 2.49 bits per heavy atom. The molecule has 1 aliphatic rings. The number of imide groups is 1. The van der Waals surface area contributed by atoms with Crippen molar-refractivity contribution in [1.29, 1.82) is 0 Å². The monoisotopic (exact) mass is 700 g/mol. The molecule has 2 amide bonds. The smallest absolute Gasteiger partial charge is 0.339 e. The van der Waals surface area contributed by atoms with Crippen molar-refractivity contribution < 1.29 is 31.9 Å². The van der Waals surface area contributed by atoms with Gasteiger partial charge in [0.05, 0.1) is 26.6 Å².